The average molecular weight is 280 g/mol. The van der Waals surface area contributed by atoms with Gasteiger partial charge in [-0.2, -0.15) is 0 Å². The monoisotopic (exact) mass is 280 g/mol. The number of rotatable bonds is 3. The van der Waals surface area contributed by atoms with Crippen LogP contribution >= 0.6 is 0 Å². The summed E-state index contributed by atoms with van der Waals surface area (Å²) in [6.07, 6.45) is -0.858. The first-order valence-corrected chi connectivity index (χ1v) is 5.51. The third-order valence-electron chi connectivity index (χ3n) is 2.79. The fourth-order valence-corrected chi connectivity index (χ4v) is 1.68. The summed E-state index contributed by atoms with van der Waals surface area (Å²) in [6, 6.07) is 3.30. The number of carbonyl (C=O) groups is 4. The number of hydrogen-bond donors (Lipinski definition) is 3. The first kappa shape index (κ1) is 13.8. The lowest BCUT2D eigenvalue weighted by molar-refractivity contribution is -0.154. The molecule has 0 atom stereocenters. The van der Waals surface area contributed by atoms with Gasteiger partial charge in [0.05, 0.1) is 6.42 Å². The molecule has 20 heavy (non-hydrogen) atoms. The molecule has 7 nitrogen and oxygen atoms in total. The molecule has 8 heteroatoms. The van der Waals surface area contributed by atoms with Crippen molar-refractivity contribution >= 4 is 23.6 Å². The maximum absolute atomic E-state index is 12.7. The smallest absolute Gasteiger partial charge is 0.328 e. The van der Waals surface area contributed by atoms with Gasteiger partial charge in [0.2, 0.25) is 5.60 Å². The molecule has 1 aromatic carbocycles. The molecule has 3 N–H and O–H groups in total. The van der Waals surface area contributed by atoms with E-state index in [9.17, 15) is 28.7 Å². The van der Waals surface area contributed by atoms with E-state index in [2.05, 4.69) is 0 Å². The zero-order valence-electron chi connectivity index (χ0n) is 9.97. The minimum absolute atomic E-state index is 0.0253. The average Bonchev–Trinajstić information content (AvgIpc) is 2.37. The Hall–Kier alpha value is -2.61. The summed E-state index contributed by atoms with van der Waals surface area (Å²) >= 11 is 0. The molecule has 0 spiro atoms. The summed E-state index contributed by atoms with van der Waals surface area (Å²) in [6.45, 7) is 0. The molecule has 1 fully saturated rings. The number of ketones is 1. The molecule has 0 unspecified atom stereocenters. The summed E-state index contributed by atoms with van der Waals surface area (Å²) in [5.74, 6) is -3.85. The van der Waals surface area contributed by atoms with Gasteiger partial charge in [-0.1, -0.05) is 0 Å². The molecule has 1 heterocycles. The second-order valence-corrected chi connectivity index (χ2v) is 4.20. The first-order valence-electron chi connectivity index (χ1n) is 5.51. The number of Topliss-reactive ketones (excluding diaryl/α,β-unsaturated/α-hetero) is 1. The Morgan fingerprint density at radius 3 is 2.10 bits per heavy atom. The first-order chi connectivity index (χ1) is 9.33. The van der Waals surface area contributed by atoms with E-state index >= 15 is 0 Å². The molecule has 1 aromatic rings. The lowest BCUT2D eigenvalue weighted by Crippen LogP contribution is -2.67. The molecule has 0 aromatic heterocycles. The summed E-state index contributed by atoms with van der Waals surface area (Å²) in [4.78, 5) is 45.7. The largest absolute Gasteiger partial charge is 0.371 e. The van der Waals surface area contributed by atoms with E-state index in [-0.39, 0.29) is 5.56 Å². The van der Waals surface area contributed by atoms with Crippen LogP contribution in [0, 0.1) is 5.82 Å². The Kier molecular flexibility index (Phi) is 3.33. The van der Waals surface area contributed by atoms with Crippen LogP contribution in [0.5, 0.6) is 0 Å². The molecule has 2 rings (SSSR count). The van der Waals surface area contributed by atoms with E-state index in [0.717, 1.165) is 24.3 Å². The lowest BCUT2D eigenvalue weighted by atomic mass is 9.91. The predicted octanol–water partition coefficient (Wildman–Crippen LogP) is -0.504. The highest BCUT2D eigenvalue weighted by Gasteiger charge is 2.50. The van der Waals surface area contributed by atoms with Crippen LogP contribution < -0.4 is 10.6 Å². The van der Waals surface area contributed by atoms with Gasteiger partial charge in [0.25, 0.3) is 11.8 Å². The normalized spacial score (nSPS) is 17.4. The van der Waals surface area contributed by atoms with Gasteiger partial charge in [0, 0.05) is 5.56 Å². The zero-order valence-corrected chi connectivity index (χ0v) is 9.97. The lowest BCUT2D eigenvalue weighted by Gasteiger charge is -2.28. The van der Waals surface area contributed by atoms with Gasteiger partial charge >= 0.3 is 6.03 Å². The summed E-state index contributed by atoms with van der Waals surface area (Å²) in [7, 11) is 0. The minimum Gasteiger partial charge on any atom is -0.371 e. The van der Waals surface area contributed by atoms with Crippen molar-refractivity contribution in [2.75, 3.05) is 0 Å². The molecule has 104 valence electrons. The van der Waals surface area contributed by atoms with E-state index < -0.39 is 41.5 Å². The molecule has 1 aliphatic heterocycles. The fraction of sp³-hybridized carbons (Fsp3) is 0.167. The second-order valence-electron chi connectivity index (χ2n) is 4.20. The van der Waals surface area contributed by atoms with E-state index in [1.165, 1.54) is 0 Å². The summed E-state index contributed by atoms with van der Waals surface area (Å²) in [5, 5.41) is 13.3. The number of amides is 4. The second kappa shape index (κ2) is 4.82. The minimum atomic E-state index is -2.67. The van der Waals surface area contributed by atoms with Crippen LogP contribution in [0.4, 0.5) is 9.18 Å². The number of hydrogen-bond acceptors (Lipinski definition) is 5. The topological polar surface area (TPSA) is 113 Å². The van der Waals surface area contributed by atoms with Gasteiger partial charge in [0.1, 0.15) is 5.82 Å². The maximum atomic E-state index is 12.7. The van der Waals surface area contributed by atoms with Gasteiger partial charge < -0.3 is 5.11 Å². The Morgan fingerprint density at radius 2 is 1.60 bits per heavy atom. The number of barbiturate groups is 1. The van der Waals surface area contributed by atoms with Crippen LogP contribution in [-0.2, 0) is 9.59 Å². The molecule has 1 aliphatic rings. The van der Waals surface area contributed by atoms with Crippen molar-refractivity contribution in [3.63, 3.8) is 0 Å². The maximum Gasteiger partial charge on any atom is 0.328 e. The van der Waals surface area contributed by atoms with Crippen molar-refractivity contribution in [2.24, 2.45) is 0 Å². The Morgan fingerprint density at radius 1 is 1.10 bits per heavy atom. The van der Waals surface area contributed by atoms with Crippen LogP contribution in [0.1, 0.15) is 16.8 Å². The fourth-order valence-electron chi connectivity index (χ4n) is 1.68. The molecule has 4 amide bonds. The summed E-state index contributed by atoms with van der Waals surface area (Å²) in [5.41, 5.74) is -2.64. The quantitative estimate of drug-likeness (QED) is 0.510. The molecule has 0 bridgehead atoms. The van der Waals surface area contributed by atoms with Crippen molar-refractivity contribution in [2.45, 2.75) is 12.0 Å². The number of halogens is 1. The van der Waals surface area contributed by atoms with Crippen molar-refractivity contribution in [1.29, 1.82) is 0 Å². The highest BCUT2D eigenvalue weighted by Crippen LogP contribution is 2.18. The third-order valence-corrected chi connectivity index (χ3v) is 2.79. The number of aliphatic hydroxyl groups is 1. The number of urea groups is 1. The predicted molar refractivity (Wildman–Crippen MR) is 62.0 cm³/mol. The molecule has 0 saturated carbocycles. The van der Waals surface area contributed by atoms with Gasteiger partial charge in [-0.15, -0.1) is 0 Å². The van der Waals surface area contributed by atoms with Crippen LogP contribution in [0.2, 0.25) is 0 Å². The Labute approximate surface area is 111 Å². The summed E-state index contributed by atoms with van der Waals surface area (Å²) < 4.78 is 12.7. The molecular weight excluding hydrogens is 271 g/mol. The van der Waals surface area contributed by atoms with E-state index in [1.807, 2.05) is 0 Å². The van der Waals surface area contributed by atoms with Crippen LogP contribution in [0.3, 0.4) is 0 Å². The van der Waals surface area contributed by atoms with Crippen LogP contribution in [0.25, 0.3) is 0 Å². The number of carbonyl (C=O) groups excluding carboxylic acids is 4. The number of nitrogens with one attached hydrogen (secondary N) is 2. The van der Waals surface area contributed by atoms with E-state index in [1.54, 1.807) is 10.6 Å². The highest BCUT2D eigenvalue weighted by atomic mass is 19.1. The van der Waals surface area contributed by atoms with Crippen molar-refractivity contribution in [3.05, 3.63) is 35.6 Å². The SMILES string of the molecule is O=C1NC(=O)C(O)(CC(=O)c2ccc(F)cc2)C(=O)N1. The van der Waals surface area contributed by atoms with E-state index in [0.29, 0.717) is 0 Å². The van der Waals surface area contributed by atoms with Gasteiger partial charge in [-0.05, 0) is 24.3 Å². The van der Waals surface area contributed by atoms with Gasteiger partial charge in [0.15, 0.2) is 5.78 Å². The molecule has 0 radical (unpaired) electrons. The molecule has 0 aliphatic carbocycles. The van der Waals surface area contributed by atoms with Gasteiger partial charge in [-0.3, -0.25) is 25.0 Å². The van der Waals surface area contributed by atoms with Crippen LogP contribution in [-0.4, -0.2) is 34.3 Å². The standard InChI is InChI=1S/C12H9FN2O5/c13-7-3-1-6(2-4-7)8(16)5-12(20)9(17)14-11(19)15-10(12)18/h1-4,20H,5H2,(H2,14,15,17,18,19). The van der Waals surface area contributed by atoms with Gasteiger partial charge in [-0.25, -0.2) is 9.18 Å². The third kappa shape index (κ3) is 2.41. The molecule has 1 saturated heterocycles. The highest BCUT2D eigenvalue weighted by molar-refractivity contribution is 6.23. The van der Waals surface area contributed by atoms with Crippen molar-refractivity contribution in [1.82, 2.24) is 10.6 Å². The molecular formula is C12H9FN2O5. The number of benzene rings is 1. The Balaban J connectivity index is 2.21. The van der Waals surface area contributed by atoms with Crippen LogP contribution in [0.15, 0.2) is 24.3 Å². The van der Waals surface area contributed by atoms with Crippen molar-refractivity contribution in [3.8, 4) is 0 Å². The van der Waals surface area contributed by atoms with Crippen molar-refractivity contribution < 1.29 is 28.7 Å². The zero-order chi connectivity index (χ0) is 14.9. The number of imide groups is 2. The van der Waals surface area contributed by atoms with E-state index in [4.69, 9.17) is 0 Å². The Bertz CT molecular complexity index is 591.